The van der Waals surface area contributed by atoms with Gasteiger partial charge in [0, 0.05) is 30.0 Å². The number of phenols is 1. The van der Waals surface area contributed by atoms with E-state index in [1.807, 2.05) is 0 Å². The number of rotatable bonds is 10. The van der Waals surface area contributed by atoms with Crippen molar-refractivity contribution < 1.29 is 39.7 Å². The third-order valence-corrected chi connectivity index (χ3v) is 3.58. The number of aldehydes is 1. The summed E-state index contributed by atoms with van der Waals surface area (Å²) in [6, 6.07) is 6.66. The fraction of sp³-hybridized carbons (Fsp3) is 0.133. The molecule has 14 nitrogen and oxygen atoms in total. The Labute approximate surface area is 160 Å². The van der Waals surface area contributed by atoms with Crippen LogP contribution in [0.2, 0.25) is 0 Å². The minimum absolute atomic E-state index is 0.141. The van der Waals surface area contributed by atoms with Crippen LogP contribution in [0.4, 0.5) is 0 Å². The molecule has 0 fully saturated rings. The average Bonchev–Trinajstić information content (AvgIpc) is 2.59. The fourth-order valence-corrected chi connectivity index (χ4v) is 2.61. The lowest BCUT2D eigenvalue weighted by molar-refractivity contribution is -0.713. The van der Waals surface area contributed by atoms with E-state index >= 15 is 0 Å². The van der Waals surface area contributed by atoms with Crippen LogP contribution in [0, 0.1) is 30.3 Å². The SMILES string of the molecule is O=CCC(c1ccc(O[N+](=O)[O-])cc1)c1c(O[N+](=O)[O-])cc(O)cc1O[N+](=O)[O-]. The Hall–Kier alpha value is -4.49. The number of hydrogen-bond donors (Lipinski definition) is 1. The van der Waals surface area contributed by atoms with E-state index < -0.39 is 38.4 Å². The van der Waals surface area contributed by atoms with E-state index in [9.17, 15) is 40.2 Å². The molecule has 0 aliphatic carbocycles. The molecule has 0 heterocycles. The molecule has 0 aliphatic heterocycles. The van der Waals surface area contributed by atoms with Gasteiger partial charge >= 0.3 is 0 Å². The van der Waals surface area contributed by atoms with Crippen molar-refractivity contribution in [2.45, 2.75) is 12.3 Å². The maximum absolute atomic E-state index is 11.2. The van der Waals surface area contributed by atoms with Gasteiger partial charge in [-0.15, -0.1) is 30.3 Å². The van der Waals surface area contributed by atoms with Crippen LogP contribution in [0.1, 0.15) is 23.5 Å². The van der Waals surface area contributed by atoms with Crippen molar-refractivity contribution in [3.8, 4) is 23.0 Å². The van der Waals surface area contributed by atoms with Crippen molar-refractivity contribution in [2.75, 3.05) is 0 Å². The molecule has 1 N–H and O–H groups in total. The van der Waals surface area contributed by atoms with Gasteiger partial charge in [0.15, 0.2) is 0 Å². The molecule has 0 saturated carbocycles. The highest BCUT2D eigenvalue weighted by Gasteiger charge is 2.26. The van der Waals surface area contributed by atoms with Crippen LogP contribution in [0.15, 0.2) is 36.4 Å². The van der Waals surface area contributed by atoms with Crippen LogP contribution in [0.5, 0.6) is 23.0 Å². The van der Waals surface area contributed by atoms with Gasteiger partial charge in [-0.1, -0.05) is 12.1 Å². The summed E-state index contributed by atoms with van der Waals surface area (Å²) in [7, 11) is 0. The van der Waals surface area contributed by atoms with E-state index in [4.69, 9.17) is 0 Å². The number of carbonyl (C=O) groups is 1. The fourth-order valence-electron chi connectivity index (χ4n) is 2.61. The van der Waals surface area contributed by atoms with Crippen LogP contribution in [-0.4, -0.2) is 26.7 Å². The maximum Gasteiger partial charge on any atom is 0.299 e. The quantitative estimate of drug-likeness (QED) is 0.341. The summed E-state index contributed by atoms with van der Waals surface area (Å²) in [5.74, 6) is -3.00. The van der Waals surface area contributed by atoms with Gasteiger partial charge in [0.05, 0.1) is 0 Å². The van der Waals surface area contributed by atoms with Crippen molar-refractivity contribution in [2.24, 2.45) is 0 Å². The van der Waals surface area contributed by atoms with Crippen molar-refractivity contribution in [3.63, 3.8) is 0 Å². The lowest BCUT2D eigenvalue weighted by Gasteiger charge is -2.21. The van der Waals surface area contributed by atoms with Crippen molar-refractivity contribution in [1.29, 1.82) is 0 Å². The number of hydrogen-bond acceptors (Lipinski definition) is 11. The zero-order valence-electron chi connectivity index (χ0n) is 14.2. The van der Waals surface area contributed by atoms with Gasteiger partial charge in [0.2, 0.25) is 0 Å². The smallest absolute Gasteiger partial charge is 0.299 e. The molecule has 0 bridgehead atoms. The van der Waals surface area contributed by atoms with Crippen LogP contribution >= 0.6 is 0 Å². The first-order valence-electron chi connectivity index (χ1n) is 7.58. The molecule has 0 aromatic heterocycles. The predicted molar refractivity (Wildman–Crippen MR) is 89.9 cm³/mol. The number of carbonyl (C=O) groups excluding carboxylic acids is 1. The normalized spacial score (nSPS) is 11.2. The van der Waals surface area contributed by atoms with Gasteiger partial charge < -0.3 is 9.90 Å². The summed E-state index contributed by atoms with van der Waals surface area (Å²) in [6.45, 7) is 0. The predicted octanol–water partition coefficient (Wildman–Crippen LogP) is 1.82. The van der Waals surface area contributed by atoms with E-state index in [2.05, 4.69) is 14.5 Å². The lowest BCUT2D eigenvalue weighted by atomic mass is 9.87. The zero-order valence-corrected chi connectivity index (χ0v) is 14.2. The van der Waals surface area contributed by atoms with Gasteiger partial charge in [0.25, 0.3) is 15.3 Å². The Balaban J connectivity index is 2.63. The van der Waals surface area contributed by atoms with Crippen LogP contribution in [-0.2, 0) is 4.79 Å². The molecular weight excluding hydrogens is 398 g/mol. The van der Waals surface area contributed by atoms with Crippen LogP contribution in [0.25, 0.3) is 0 Å². The van der Waals surface area contributed by atoms with Gasteiger partial charge in [0.1, 0.15) is 29.3 Å². The van der Waals surface area contributed by atoms with E-state index in [1.165, 1.54) is 24.3 Å². The van der Waals surface area contributed by atoms with Gasteiger partial charge in [-0.05, 0) is 17.7 Å². The molecule has 0 saturated heterocycles. The minimum Gasteiger partial charge on any atom is -0.508 e. The third-order valence-electron chi connectivity index (χ3n) is 3.58. The molecule has 14 heteroatoms. The van der Waals surface area contributed by atoms with Crippen molar-refractivity contribution in [1.82, 2.24) is 0 Å². The Morgan fingerprint density at radius 3 is 1.79 bits per heavy atom. The van der Waals surface area contributed by atoms with E-state index in [-0.39, 0.29) is 23.3 Å². The molecule has 2 rings (SSSR count). The summed E-state index contributed by atoms with van der Waals surface area (Å²) in [5, 5.41) is 38.2. The largest absolute Gasteiger partial charge is 0.508 e. The number of phenolic OH excluding ortho intramolecular Hbond substituents is 1. The second-order valence-electron chi connectivity index (χ2n) is 5.32. The summed E-state index contributed by atoms with van der Waals surface area (Å²) in [6.07, 6.45) is 0.132. The standard InChI is InChI=1S/C15H11N3O11/c19-6-5-12(9-1-3-11(4-2-9)27-16(21)22)15-13(28-17(23)24)7-10(20)8-14(15)29-18(25)26/h1-4,6-8,12,20H,5H2. The van der Waals surface area contributed by atoms with Crippen molar-refractivity contribution in [3.05, 3.63) is 77.9 Å². The number of aromatic hydroxyl groups is 1. The minimum atomic E-state index is -1.21. The van der Waals surface area contributed by atoms with E-state index in [1.54, 1.807) is 0 Å². The van der Waals surface area contributed by atoms with Crippen molar-refractivity contribution >= 4 is 6.29 Å². The van der Waals surface area contributed by atoms with Crippen LogP contribution < -0.4 is 14.5 Å². The molecule has 0 amide bonds. The first kappa shape index (κ1) is 20.8. The lowest BCUT2D eigenvalue weighted by Crippen LogP contribution is -2.13. The molecule has 1 unspecified atom stereocenters. The second-order valence-corrected chi connectivity index (χ2v) is 5.32. The van der Waals surface area contributed by atoms with Gasteiger partial charge in [-0.2, -0.15) is 0 Å². The van der Waals surface area contributed by atoms with Crippen LogP contribution in [0.3, 0.4) is 0 Å². The topological polar surface area (TPSA) is 194 Å². The molecule has 2 aromatic carbocycles. The zero-order chi connectivity index (χ0) is 21.6. The maximum atomic E-state index is 11.2. The monoisotopic (exact) mass is 409 g/mol. The number of benzene rings is 2. The Kier molecular flexibility index (Phi) is 6.42. The number of nitrogens with zero attached hydrogens (tertiary/aromatic N) is 3. The first-order chi connectivity index (χ1) is 13.7. The Bertz CT molecular complexity index is 908. The highest BCUT2D eigenvalue weighted by molar-refractivity contribution is 5.60. The molecule has 29 heavy (non-hydrogen) atoms. The summed E-state index contributed by atoms with van der Waals surface area (Å²) < 4.78 is 0. The average molecular weight is 409 g/mol. The Morgan fingerprint density at radius 1 is 0.897 bits per heavy atom. The van der Waals surface area contributed by atoms with E-state index in [0.717, 1.165) is 12.1 Å². The molecule has 1 atom stereocenters. The molecule has 2 aromatic rings. The summed E-state index contributed by atoms with van der Waals surface area (Å²) in [4.78, 5) is 56.3. The molecule has 0 radical (unpaired) electrons. The molecular formula is C15H11N3O11. The highest BCUT2D eigenvalue weighted by atomic mass is 17.0. The highest BCUT2D eigenvalue weighted by Crippen LogP contribution is 2.43. The third kappa shape index (κ3) is 5.49. The summed E-state index contributed by atoms with van der Waals surface area (Å²) >= 11 is 0. The first-order valence-corrected chi connectivity index (χ1v) is 7.58. The molecule has 0 spiro atoms. The molecule has 152 valence electrons. The van der Waals surface area contributed by atoms with Gasteiger partial charge in [-0.25, -0.2) is 0 Å². The Morgan fingerprint density at radius 2 is 1.38 bits per heavy atom. The summed E-state index contributed by atoms with van der Waals surface area (Å²) in [5.41, 5.74) is 0.0196. The van der Waals surface area contributed by atoms with E-state index in [0.29, 0.717) is 6.29 Å². The second kappa shape index (κ2) is 8.94. The van der Waals surface area contributed by atoms with Gasteiger partial charge in [-0.3, -0.25) is 14.5 Å². The molecule has 0 aliphatic rings.